The predicted molar refractivity (Wildman–Crippen MR) is 107 cm³/mol. The summed E-state index contributed by atoms with van der Waals surface area (Å²) in [5.74, 6) is -1.25. The van der Waals surface area contributed by atoms with Crippen LogP contribution in [0.25, 0.3) is 0 Å². The van der Waals surface area contributed by atoms with Crippen LogP contribution in [0.4, 0.5) is 5.69 Å². The highest BCUT2D eigenvalue weighted by molar-refractivity contribution is 7.89. The zero-order chi connectivity index (χ0) is 20.9. The Kier molecular flexibility index (Phi) is 6.93. The highest BCUT2D eigenvalue weighted by Crippen LogP contribution is 2.16. The van der Waals surface area contributed by atoms with Gasteiger partial charge in [0.15, 0.2) is 0 Å². The molecule has 0 spiro atoms. The van der Waals surface area contributed by atoms with Gasteiger partial charge < -0.3 is 10.1 Å². The molecule has 2 aromatic carbocycles. The summed E-state index contributed by atoms with van der Waals surface area (Å²) in [6, 6.07) is 11.6. The molecule has 0 fully saturated rings. The van der Waals surface area contributed by atoms with Gasteiger partial charge in [-0.1, -0.05) is 31.5 Å². The van der Waals surface area contributed by atoms with Crippen molar-refractivity contribution in [2.45, 2.75) is 31.7 Å². The second kappa shape index (κ2) is 8.99. The van der Waals surface area contributed by atoms with E-state index in [0.29, 0.717) is 11.3 Å². The number of carbonyl (C=O) groups is 2. The zero-order valence-electron chi connectivity index (χ0n) is 16.2. The molecular formula is C20H24N2O5S. The van der Waals surface area contributed by atoms with Gasteiger partial charge in [-0.05, 0) is 49.2 Å². The molecule has 8 heteroatoms. The van der Waals surface area contributed by atoms with Crippen LogP contribution in [-0.2, 0) is 19.6 Å². The van der Waals surface area contributed by atoms with E-state index in [-0.39, 0.29) is 10.8 Å². The van der Waals surface area contributed by atoms with E-state index in [1.54, 1.807) is 38.1 Å². The maximum atomic E-state index is 12.7. The Morgan fingerprint density at radius 2 is 1.54 bits per heavy atom. The molecule has 0 aliphatic rings. The van der Waals surface area contributed by atoms with Gasteiger partial charge in [0.05, 0.1) is 17.6 Å². The molecule has 0 aromatic heterocycles. The molecule has 0 heterocycles. The van der Waals surface area contributed by atoms with Crippen LogP contribution >= 0.6 is 0 Å². The van der Waals surface area contributed by atoms with Crippen LogP contribution in [-0.4, -0.2) is 33.4 Å². The van der Waals surface area contributed by atoms with E-state index >= 15 is 0 Å². The Morgan fingerprint density at radius 1 is 0.964 bits per heavy atom. The number of anilines is 1. The van der Waals surface area contributed by atoms with Gasteiger partial charge >= 0.3 is 5.97 Å². The second-order valence-corrected chi connectivity index (χ2v) is 8.43. The predicted octanol–water partition coefficient (Wildman–Crippen LogP) is 2.72. The lowest BCUT2D eigenvalue weighted by Crippen LogP contribution is -2.47. The number of hydrogen-bond donors (Lipinski definition) is 2. The molecule has 2 aromatic rings. The first-order chi connectivity index (χ1) is 13.1. The Labute approximate surface area is 165 Å². The van der Waals surface area contributed by atoms with Gasteiger partial charge in [0.2, 0.25) is 15.9 Å². The van der Waals surface area contributed by atoms with E-state index in [2.05, 4.69) is 14.8 Å². The minimum absolute atomic E-state index is 0.0963. The van der Waals surface area contributed by atoms with Crippen LogP contribution in [0, 0.1) is 12.8 Å². The molecule has 1 atom stereocenters. The molecule has 0 unspecified atom stereocenters. The van der Waals surface area contributed by atoms with E-state index in [4.69, 9.17) is 0 Å². The van der Waals surface area contributed by atoms with Crippen molar-refractivity contribution in [3.63, 3.8) is 0 Å². The number of ether oxygens (including phenoxy) is 1. The SMILES string of the molecule is COC(=O)c1ccc(NC(=O)[C@@H](NS(=O)(=O)c2ccc(C)cc2)C(C)C)cc1. The maximum Gasteiger partial charge on any atom is 0.337 e. The monoisotopic (exact) mass is 404 g/mol. The summed E-state index contributed by atoms with van der Waals surface area (Å²) in [5.41, 5.74) is 1.73. The van der Waals surface area contributed by atoms with Crippen molar-refractivity contribution in [3.05, 3.63) is 59.7 Å². The molecule has 0 bridgehead atoms. The van der Waals surface area contributed by atoms with Gasteiger partial charge in [-0.2, -0.15) is 4.72 Å². The fourth-order valence-corrected chi connectivity index (χ4v) is 3.82. The first-order valence-electron chi connectivity index (χ1n) is 8.72. The molecule has 0 saturated heterocycles. The van der Waals surface area contributed by atoms with Gasteiger partial charge in [-0.3, -0.25) is 4.79 Å². The summed E-state index contributed by atoms with van der Waals surface area (Å²) in [6.45, 7) is 5.37. The van der Waals surface area contributed by atoms with Crippen LogP contribution in [0.5, 0.6) is 0 Å². The van der Waals surface area contributed by atoms with Gasteiger partial charge in [0.1, 0.15) is 6.04 Å². The number of sulfonamides is 1. The molecule has 1 amide bonds. The third-order valence-electron chi connectivity index (χ3n) is 4.14. The van der Waals surface area contributed by atoms with Crippen LogP contribution < -0.4 is 10.0 Å². The Bertz CT molecular complexity index is 936. The minimum Gasteiger partial charge on any atom is -0.465 e. The lowest BCUT2D eigenvalue weighted by Gasteiger charge is -2.21. The van der Waals surface area contributed by atoms with Crippen molar-refractivity contribution in [3.8, 4) is 0 Å². The van der Waals surface area contributed by atoms with Gasteiger partial charge in [-0.15, -0.1) is 0 Å². The molecule has 2 N–H and O–H groups in total. The Morgan fingerprint density at radius 3 is 2.04 bits per heavy atom. The Hall–Kier alpha value is -2.71. The van der Waals surface area contributed by atoms with Gasteiger partial charge in [0, 0.05) is 5.69 Å². The molecule has 2 rings (SSSR count). The number of benzene rings is 2. The average molecular weight is 404 g/mol. The summed E-state index contributed by atoms with van der Waals surface area (Å²) in [7, 11) is -2.57. The standard InChI is InChI=1S/C20H24N2O5S/c1-13(2)18(22-28(25,26)17-11-5-14(3)6-12-17)19(23)21-16-9-7-15(8-10-16)20(24)27-4/h5-13,18,22H,1-4H3,(H,21,23)/t18-/m0/s1. The molecule has 7 nitrogen and oxygen atoms in total. The fraction of sp³-hybridized carbons (Fsp3) is 0.300. The van der Waals surface area contributed by atoms with Crippen molar-refractivity contribution >= 4 is 27.6 Å². The lowest BCUT2D eigenvalue weighted by molar-refractivity contribution is -0.118. The number of carbonyl (C=O) groups excluding carboxylic acids is 2. The molecule has 0 aliphatic carbocycles. The van der Waals surface area contributed by atoms with Crippen molar-refractivity contribution in [2.75, 3.05) is 12.4 Å². The molecular weight excluding hydrogens is 380 g/mol. The van der Waals surface area contributed by atoms with Crippen LogP contribution in [0.15, 0.2) is 53.4 Å². The number of esters is 1. The van der Waals surface area contributed by atoms with Crippen LogP contribution in [0.1, 0.15) is 29.8 Å². The second-order valence-electron chi connectivity index (χ2n) is 6.71. The Balaban J connectivity index is 2.15. The number of rotatable bonds is 7. The molecule has 150 valence electrons. The number of hydrogen-bond acceptors (Lipinski definition) is 5. The summed E-state index contributed by atoms with van der Waals surface area (Å²) in [6.07, 6.45) is 0. The van der Waals surface area contributed by atoms with Gasteiger partial charge in [0.25, 0.3) is 0 Å². The van der Waals surface area contributed by atoms with Crippen LogP contribution in [0.3, 0.4) is 0 Å². The molecule has 0 saturated carbocycles. The average Bonchev–Trinajstić information content (AvgIpc) is 2.66. The third kappa shape index (κ3) is 5.40. The summed E-state index contributed by atoms with van der Waals surface area (Å²) >= 11 is 0. The first-order valence-corrected chi connectivity index (χ1v) is 10.2. The molecule has 28 heavy (non-hydrogen) atoms. The van der Waals surface area contributed by atoms with E-state index in [0.717, 1.165) is 5.56 Å². The van der Waals surface area contributed by atoms with Gasteiger partial charge in [-0.25, -0.2) is 13.2 Å². The lowest BCUT2D eigenvalue weighted by atomic mass is 10.0. The fourth-order valence-electron chi connectivity index (χ4n) is 2.47. The normalized spacial score (nSPS) is 12.5. The van der Waals surface area contributed by atoms with Crippen LogP contribution in [0.2, 0.25) is 0 Å². The van der Waals surface area contributed by atoms with Crippen molar-refractivity contribution < 1.29 is 22.7 Å². The van der Waals surface area contributed by atoms with Crippen molar-refractivity contribution in [1.29, 1.82) is 0 Å². The third-order valence-corrected chi connectivity index (χ3v) is 5.59. The van der Waals surface area contributed by atoms with E-state index in [9.17, 15) is 18.0 Å². The summed E-state index contributed by atoms with van der Waals surface area (Å²) in [5, 5.41) is 2.67. The topological polar surface area (TPSA) is 102 Å². The minimum atomic E-state index is -3.85. The number of methoxy groups -OCH3 is 1. The quantitative estimate of drug-likeness (QED) is 0.691. The largest absolute Gasteiger partial charge is 0.465 e. The zero-order valence-corrected chi connectivity index (χ0v) is 17.0. The van der Waals surface area contributed by atoms with E-state index in [1.807, 2.05) is 6.92 Å². The number of aryl methyl sites for hydroxylation is 1. The number of nitrogens with one attached hydrogen (secondary N) is 2. The van der Waals surface area contributed by atoms with E-state index in [1.165, 1.54) is 31.4 Å². The molecule has 0 radical (unpaired) electrons. The summed E-state index contributed by atoms with van der Waals surface area (Å²) < 4.78 is 32.4. The van der Waals surface area contributed by atoms with Crippen molar-refractivity contribution in [1.82, 2.24) is 4.72 Å². The highest BCUT2D eigenvalue weighted by Gasteiger charge is 2.28. The highest BCUT2D eigenvalue weighted by atomic mass is 32.2. The number of amides is 1. The maximum absolute atomic E-state index is 12.7. The van der Waals surface area contributed by atoms with E-state index < -0.39 is 27.9 Å². The molecule has 0 aliphatic heterocycles. The van der Waals surface area contributed by atoms with Crippen molar-refractivity contribution in [2.24, 2.45) is 5.92 Å². The first kappa shape index (κ1) is 21.6. The summed E-state index contributed by atoms with van der Waals surface area (Å²) in [4.78, 5) is 24.2. The smallest absolute Gasteiger partial charge is 0.337 e.